The number of hydrogen-bond donors (Lipinski definition) is 1. The van der Waals surface area contributed by atoms with Gasteiger partial charge in [0.25, 0.3) is 0 Å². The van der Waals surface area contributed by atoms with Crippen molar-refractivity contribution in [3.8, 4) is 0 Å². The predicted octanol–water partition coefficient (Wildman–Crippen LogP) is 4.09. The zero-order chi connectivity index (χ0) is 14.7. The Morgan fingerprint density at radius 1 is 1.10 bits per heavy atom. The number of nitrogens with one attached hydrogen (secondary N) is 1. The molecular weight excluding hydrogens is 290 g/mol. The molecular formula is C16H14F2N2S. The molecule has 0 radical (unpaired) electrons. The molecule has 0 spiro atoms. The number of hydrogen-bond acceptors (Lipinski definition) is 3. The van der Waals surface area contributed by atoms with Crippen LogP contribution in [0.5, 0.6) is 0 Å². The molecule has 3 rings (SSSR count). The van der Waals surface area contributed by atoms with Gasteiger partial charge in [0.2, 0.25) is 0 Å². The van der Waals surface area contributed by atoms with Crippen molar-refractivity contribution in [3.05, 3.63) is 65.7 Å². The average Bonchev–Trinajstić information content (AvgIpc) is 2.91. The first-order valence-corrected chi connectivity index (χ1v) is 7.66. The molecule has 2 aromatic rings. The van der Waals surface area contributed by atoms with Crippen LogP contribution in [0.2, 0.25) is 0 Å². The van der Waals surface area contributed by atoms with E-state index in [0.29, 0.717) is 5.69 Å². The fourth-order valence-corrected chi connectivity index (χ4v) is 3.13. The van der Waals surface area contributed by atoms with Gasteiger partial charge >= 0.3 is 0 Å². The van der Waals surface area contributed by atoms with Crippen molar-refractivity contribution in [2.75, 3.05) is 11.1 Å². The second kappa shape index (κ2) is 6.26. The highest BCUT2D eigenvalue weighted by Crippen LogP contribution is 2.23. The standard InChI is InChI=1S/C16H14F2N2S/c17-14-7-6-12(9-15(14)18)19-16-20-13(10-21-16)8-11-4-2-1-3-5-11/h1-7,9,13H,8,10H2,(H,19,20). The predicted molar refractivity (Wildman–Crippen MR) is 83.8 cm³/mol. The molecule has 2 aromatic carbocycles. The van der Waals surface area contributed by atoms with Crippen LogP contribution in [0.25, 0.3) is 0 Å². The van der Waals surface area contributed by atoms with Gasteiger partial charge in [0, 0.05) is 17.5 Å². The third-order valence-corrected chi connectivity index (χ3v) is 4.23. The Kier molecular flexibility index (Phi) is 4.20. The van der Waals surface area contributed by atoms with E-state index >= 15 is 0 Å². The molecule has 0 fully saturated rings. The van der Waals surface area contributed by atoms with Gasteiger partial charge in [0.05, 0.1) is 6.04 Å². The summed E-state index contributed by atoms with van der Waals surface area (Å²) in [6.07, 6.45) is 0.886. The number of nitrogens with zero attached hydrogens (tertiary/aromatic N) is 1. The van der Waals surface area contributed by atoms with Gasteiger partial charge in [-0.3, -0.25) is 4.99 Å². The highest BCUT2D eigenvalue weighted by Gasteiger charge is 2.19. The number of anilines is 1. The molecule has 2 nitrogen and oxygen atoms in total. The topological polar surface area (TPSA) is 24.4 Å². The van der Waals surface area contributed by atoms with Crippen LogP contribution >= 0.6 is 11.8 Å². The minimum absolute atomic E-state index is 0.213. The summed E-state index contributed by atoms with van der Waals surface area (Å²) in [5.74, 6) is -0.811. The first-order valence-electron chi connectivity index (χ1n) is 6.67. The summed E-state index contributed by atoms with van der Waals surface area (Å²) in [6, 6.07) is 14.2. The molecule has 1 heterocycles. The van der Waals surface area contributed by atoms with Crippen LogP contribution < -0.4 is 5.32 Å². The van der Waals surface area contributed by atoms with Crippen molar-refractivity contribution in [1.29, 1.82) is 0 Å². The highest BCUT2D eigenvalue weighted by molar-refractivity contribution is 8.14. The van der Waals surface area contributed by atoms with E-state index in [-0.39, 0.29) is 6.04 Å². The molecule has 0 aromatic heterocycles. The second-order valence-corrected chi connectivity index (χ2v) is 5.85. The number of thioether (sulfide) groups is 1. The summed E-state index contributed by atoms with van der Waals surface area (Å²) in [6.45, 7) is 0. The van der Waals surface area contributed by atoms with E-state index in [1.165, 1.54) is 11.6 Å². The fourth-order valence-electron chi connectivity index (χ4n) is 2.17. The molecule has 1 unspecified atom stereocenters. The number of benzene rings is 2. The van der Waals surface area contributed by atoms with Crippen LogP contribution in [-0.2, 0) is 6.42 Å². The van der Waals surface area contributed by atoms with E-state index in [1.807, 2.05) is 18.2 Å². The van der Waals surface area contributed by atoms with Crippen molar-refractivity contribution >= 4 is 22.6 Å². The van der Waals surface area contributed by atoms with Gasteiger partial charge in [-0.1, -0.05) is 42.1 Å². The lowest BCUT2D eigenvalue weighted by atomic mass is 10.1. The van der Waals surface area contributed by atoms with Crippen LogP contribution in [-0.4, -0.2) is 17.0 Å². The van der Waals surface area contributed by atoms with Crippen LogP contribution in [0.3, 0.4) is 0 Å². The maximum Gasteiger partial charge on any atom is 0.161 e. The molecule has 0 saturated carbocycles. The quantitative estimate of drug-likeness (QED) is 0.923. The average molecular weight is 304 g/mol. The van der Waals surface area contributed by atoms with E-state index in [1.54, 1.807) is 11.8 Å². The molecule has 0 aliphatic carbocycles. The van der Waals surface area contributed by atoms with E-state index < -0.39 is 11.6 Å². The first-order chi connectivity index (χ1) is 10.2. The summed E-state index contributed by atoms with van der Waals surface area (Å²) >= 11 is 1.60. The maximum absolute atomic E-state index is 13.2. The molecule has 0 amide bonds. The largest absolute Gasteiger partial charge is 0.335 e. The van der Waals surface area contributed by atoms with Gasteiger partial charge in [-0.05, 0) is 24.1 Å². The van der Waals surface area contributed by atoms with Gasteiger partial charge < -0.3 is 5.32 Å². The third-order valence-electron chi connectivity index (χ3n) is 3.20. The second-order valence-electron chi connectivity index (χ2n) is 4.84. The third kappa shape index (κ3) is 3.61. The monoisotopic (exact) mass is 304 g/mol. The molecule has 0 saturated heterocycles. The van der Waals surface area contributed by atoms with Crippen LogP contribution in [0.15, 0.2) is 53.5 Å². The first kappa shape index (κ1) is 14.1. The number of rotatable bonds is 3. The van der Waals surface area contributed by atoms with Crippen LogP contribution in [0.4, 0.5) is 14.5 Å². The van der Waals surface area contributed by atoms with Gasteiger partial charge in [-0.15, -0.1) is 0 Å². The number of halogens is 2. The minimum Gasteiger partial charge on any atom is -0.335 e. The Hall–Kier alpha value is -1.88. The van der Waals surface area contributed by atoms with Gasteiger partial charge in [-0.2, -0.15) is 0 Å². The SMILES string of the molecule is Fc1ccc(NC2=NC(Cc3ccccc3)CS2)cc1F. The van der Waals surface area contributed by atoms with Crippen LogP contribution in [0.1, 0.15) is 5.56 Å². The lowest BCUT2D eigenvalue weighted by Gasteiger charge is -2.05. The minimum atomic E-state index is -0.857. The zero-order valence-electron chi connectivity index (χ0n) is 11.2. The Morgan fingerprint density at radius 2 is 1.90 bits per heavy atom. The summed E-state index contributed by atoms with van der Waals surface area (Å²) in [4.78, 5) is 4.58. The molecule has 1 aliphatic heterocycles. The van der Waals surface area contributed by atoms with Gasteiger partial charge in [0.1, 0.15) is 0 Å². The molecule has 5 heteroatoms. The number of amidine groups is 1. The van der Waals surface area contributed by atoms with E-state index in [9.17, 15) is 8.78 Å². The normalized spacial score (nSPS) is 17.6. The highest BCUT2D eigenvalue weighted by atomic mass is 32.2. The summed E-state index contributed by atoms with van der Waals surface area (Å²) in [7, 11) is 0. The van der Waals surface area contributed by atoms with Gasteiger partial charge in [-0.25, -0.2) is 8.78 Å². The fraction of sp³-hybridized carbons (Fsp3) is 0.188. The zero-order valence-corrected chi connectivity index (χ0v) is 12.0. The molecule has 1 aliphatic rings. The molecule has 108 valence electrons. The van der Waals surface area contributed by atoms with Gasteiger partial charge in [0.15, 0.2) is 16.8 Å². The van der Waals surface area contributed by atoms with Crippen molar-refractivity contribution in [1.82, 2.24) is 0 Å². The molecule has 0 bridgehead atoms. The lowest BCUT2D eigenvalue weighted by molar-refractivity contribution is 0.509. The summed E-state index contributed by atoms with van der Waals surface area (Å²) in [5.41, 5.74) is 1.77. The van der Waals surface area contributed by atoms with E-state index in [4.69, 9.17) is 0 Å². The maximum atomic E-state index is 13.2. The molecule has 21 heavy (non-hydrogen) atoms. The molecule has 1 N–H and O–H groups in total. The van der Waals surface area contributed by atoms with Crippen molar-refractivity contribution < 1.29 is 8.78 Å². The van der Waals surface area contributed by atoms with E-state index in [0.717, 1.165) is 29.5 Å². The lowest BCUT2D eigenvalue weighted by Crippen LogP contribution is -2.08. The Morgan fingerprint density at radius 3 is 2.67 bits per heavy atom. The van der Waals surface area contributed by atoms with Crippen molar-refractivity contribution in [2.45, 2.75) is 12.5 Å². The smallest absolute Gasteiger partial charge is 0.161 e. The van der Waals surface area contributed by atoms with E-state index in [2.05, 4.69) is 22.4 Å². The molecule has 1 atom stereocenters. The summed E-state index contributed by atoms with van der Waals surface area (Å²) in [5, 5.41) is 3.78. The Labute approximate surface area is 126 Å². The number of aliphatic imine (C=N–C) groups is 1. The summed E-state index contributed by atoms with van der Waals surface area (Å²) < 4.78 is 26.0. The van der Waals surface area contributed by atoms with Crippen molar-refractivity contribution in [3.63, 3.8) is 0 Å². The Balaban J connectivity index is 1.64. The Bertz CT molecular complexity index is 659. The van der Waals surface area contributed by atoms with Crippen LogP contribution in [0, 0.1) is 11.6 Å². The van der Waals surface area contributed by atoms with Crippen molar-refractivity contribution in [2.24, 2.45) is 4.99 Å².